The van der Waals surface area contributed by atoms with Crippen molar-refractivity contribution in [1.82, 2.24) is 14.7 Å². The van der Waals surface area contributed by atoms with Gasteiger partial charge in [0, 0.05) is 0 Å². The van der Waals surface area contributed by atoms with Crippen molar-refractivity contribution in [2.75, 3.05) is 0 Å². The highest BCUT2D eigenvalue weighted by molar-refractivity contribution is 5.98. The molecule has 0 bridgehead atoms. The van der Waals surface area contributed by atoms with E-state index in [4.69, 9.17) is 4.84 Å². The van der Waals surface area contributed by atoms with Crippen molar-refractivity contribution in [3.8, 4) is 5.75 Å². The largest absolute Gasteiger partial charge is 0.506 e. The van der Waals surface area contributed by atoms with Gasteiger partial charge in [0.15, 0.2) is 11.2 Å². The van der Waals surface area contributed by atoms with E-state index in [-0.39, 0.29) is 17.6 Å². The fourth-order valence-corrected chi connectivity index (χ4v) is 2.34. The topological polar surface area (TPSA) is 115 Å². The number of aromatic nitrogens is 3. The molecule has 8 heteroatoms. The molecule has 3 aromatic rings. The zero-order valence-corrected chi connectivity index (χ0v) is 12.6. The van der Waals surface area contributed by atoms with E-state index in [1.165, 1.54) is 6.33 Å². The Morgan fingerprint density at radius 2 is 1.96 bits per heavy atom. The maximum absolute atomic E-state index is 12.4. The Morgan fingerprint density at radius 1 is 1.25 bits per heavy atom. The molecule has 0 unspecified atom stereocenters. The van der Waals surface area contributed by atoms with Crippen molar-refractivity contribution in [2.24, 2.45) is 0 Å². The lowest BCUT2D eigenvalue weighted by molar-refractivity contribution is 0.0672. The number of hydrogen-bond acceptors (Lipinski definition) is 6. The summed E-state index contributed by atoms with van der Waals surface area (Å²) in [6.07, 6.45) is 1.21. The Hall–Kier alpha value is -3.42. The van der Waals surface area contributed by atoms with E-state index < -0.39 is 22.8 Å². The molecule has 8 nitrogen and oxygen atoms in total. The molecule has 0 fully saturated rings. The lowest BCUT2D eigenvalue weighted by Gasteiger charge is -2.14. The molecule has 2 aromatic heterocycles. The van der Waals surface area contributed by atoms with Crippen LogP contribution in [0.4, 0.5) is 0 Å². The second-order valence-electron chi connectivity index (χ2n) is 5.05. The molecule has 0 saturated carbocycles. The third kappa shape index (κ3) is 2.54. The van der Waals surface area contributed by atoms with Gasteiger partial charge in [-0.05, 0) is 12.5 Å². The Morgan fingerprint density at radius 3 is 2.62 bits per heavy atom. The third-order valence-corrected chi connectivity index (χ3v) is 3.50. The van der Waals surface area contributed by atoms with Gasteiger partial charge in [-0.25, -0.2) is 14.8 Å². The van der Waals surface area contributed by atoms with Crippen molar-refractivity contribution < 1.29 is 19.8 Å². The molecule has 0 aliphatic heterocycles. The standard InChI is InChI=1S/C16H13N3O5/c1-9-11-13(20)12(16(22)23)15(21)19(14(11)18-8-17-9)24-7-10-5-3-2-4-6-10/h2-6,8,20H,7H2,1H3,(H,22,23). The molecule has 24 heavy (non-hydrogen) atoms. The number of benzene rings is 1. The lowest BCUT2D eigenvalue weighted by atomic mass is 10.1. The number of carboxylic acid groups (broad SMARTS) is 1. The van der Waals surface area contributed by atoms with Crippen molar-refractivity contribution in [2.45, 2.75) is 13.5 Å². The van der Waals surface area contributed by atoms with Crippen LogP contribution >= 0.6 is 0 Å². The van der Waals surface area contributed by atoms with Crippen LogP contribution in [0.2, 0.25) is 0 Å². The van der Waals surface area contributed by atoms with Crippen molar-refractivity contribution in [3.05, 3.63) is 63.8 Å². The first kappa shape index (κ1) is 15.5. The van der Waals surface area contributed by atoms with Gasteiger partial charge in [-0.1, -0.05) is 30.3 Å². The number of carboxylic acids is 1. The van der Waals surface area contributed by atoms with Crippen LogP contribution in [0.1, 0.15) is 21.6 Å². The highest BCUT2D eigenvalue weighted by Crippen LogP contribution is 2.26. The summed E-state index contributed by atoms with van der Waals surface area (Å²) < 4.78 is 0.778. The number of carbonyl (C=O) groups is 1. The summed E-state index contributed by atoms with van der Waals surface area (Å²) in [4.78, 5) is 37.1. The molecule has 0 radical (unpaired) electrons. The highest BCUT2D eigenvalue weighted by atomic mass is 16.7. The molecule has 1 aromatic carbocycles. The smallest absolute Gasteiger partial charge is 0.345 e. The van der Waals surface area contributed by atoms with Crippen LogP contribution in [0.3, 0.4) is 0 Å². The van der Waals surface area contributed by atoms with Crippen LogP contribution in [0.5, 0.6) is 5.75 Å². The molecule has 0 amide bonds. The summed E-state index contributed by atoms with van der Waals surface area (Å²) >= 11 is 0. The number of aromatic hydroxyl groups is 1. The zero-order chi connectivity index (χ0) is 17.3. The van der Waals surface area contributed by atoms with Gasteiger partial charge in [0.05, 0.1) is 11.1 Å². The fourth-order valence-electron chi connectivity index (χ4n) is 2.34. The Balaban J connectivity index is 2.21. The third-order valence-electron chi connectivity index (χ3n) is 3.50. The summed E-state index contributed by atoms with van der Waals surface area (Å²) in [6, 6.07) is 9.06. The SMILES string of the molecule is Cc1ncnc2c1c(O)c(C(=O)O)c(=O)n2OCc1ccccc1. The molecule has 0 spiro atoms. The van der Waals surface area contributed by atoms with Gasteiger partial charge in [0.25, 0.3) is 0 Å². The summed E-state index contributed by atoms with van der Waals surface area (Å²) in [7, 11) is 0. The summed E-state index contributed by atoms with van der Waals surface area (Å²) in [5.74, 6) is -2.22. The molecular formula is C16H13N3O5. The van der Waals surface area contributed by atoms with Crippen LogP contribution < -0.4 is 10.4 Å². The average molecular weight is 327 g/mol. The number of hydrogen-bond donors (Lipinski definition) is 2. The first-order chi connectivity index (χ1) is 11.5. The highest BCUT2D eigenvalue weighted by Gasteiger charge is 2.24. The molecule has 0 aliphatic rings. The van der Waals surface area contributed by atoms with E-state index in [0.717, 1.165) is 10.3 Å². The van der Waals surface area contributed by atoms with Crippen molar-refractivity contribution in [1.29, 1.82) is 0 Å². The van der Waals surface area contributed by atoms with E-state index in [0.29, 0.717) is 5.69 Å². The Kier molecular flexibility index (Phi) is 3.87. The lowest BCUT2D eigenvalue weighted by Crippen LogP contribution is -2.32. The minimum atomic E-state index is -1.56. The maximum atomic E-state index is 12.4. The Labute approximate surface area is 135 Å². The van der Waals surface area contributed by atoms with E-state index in [2.05, 4.69) is 9.97 Å². The normalized spacial score (nSPS) is 10.7. The summed E-state index contributed by atoms with van der Waals surface area (Å²) in [6.45, 7) is 1.60. The minimum Gasteiger partial charge on any atom is -0.506 e. The number of aromatic carboxylic acids is 1. The summed E-state index contributed by atoms with van der Waals surface area (Å²) in [5.41, 5.74) is -0.661. The predicted molar refractivity (Wildman–Crippen MR) is 83.9 cm³/mol. The van der Waals surface area contributed by atoms with Crippen LogP contribution in [-0.2, 0) is 6.61 Å². The molecule has 0 atom stereocenters. The molecular weight excluding hydrogens is 314 g/mol. The van der Waals surface area contributed by atoms with Gasteiger partial charge in [0.1, 0.15) is 18.7 Å². The number of fused-ring (bicyclic) bond motifs is 1. The number of pyridine rings is 1. The van der Waals surface area contributed by atoms with E-state index in [1.807, 2.05) is 18.2 Å². The second kappa shape index (κ2) is 5.99. The quantitative estimate of drug-likeness (QED) is 0.738. The van der Waals surface area contributed by atoms with E-state index >= 15 is 0 Å². The molecule has 0 saturated heterocycles. The predicted octanol–water partition coefficient (Wildman–Crippen LogP) is 1.13. The van der Waals surface area contributed by atoms with Gasteiger partial charge < -0.3 is 15.1 Å². The average Bonchev–Trinajstić information content (AvgIpc) is 2.55. The van der Waals surface area contributed by atoms with Crippen LogP contribution in [-0.4, -0.2) is 30.9 Å². The number of aryl methyl sites for hydroxylation is 1. The minimum absolute atomic E-state index is 0.00549. The van der Waals surface area contributed by atoms with Gasteiger partial charge in [-0.15, -0.1) is 4.73 Å². The molecule has 122 valence electrons. The number of nitrogens with zero attached hydrogens (tertiary/aromatic N) is 3. The van der Waals surface area contributed by atoms with Crippen LogP contribution in [0, 0.1) is 6.92 Å². The van der Waals surface area contributed by atoms with E-state index in [1.54, 1.807) is 19.1 Å². The monoisotopic (exact) mass is 327 g/mol. The van der Waals surface area contributed by atoms with Gasteiger partial charge >= 0.3 is 11.5 Å². The molecule has 0 aliphatic carbocycles. The molecule has 2 N–H and O–H groups in total. The first-order valence-electron chi connectivity index (χ1n) is 7.00. The van der Waals surface area contributed by atoms with Gasteiger partial charge in [-0.3, -0.25) is 4.79 Å². The zero-order valence-electron chi connectivity index (χ0n) is 12.6. The van der Waals surface area contributed by atoms with E-state index in [9.17, 15) is 19.8 Å². The molecule has 3 rings (SSSR count). The Bertz CT molecular complexity index is 982. The maximum Gasteiger partial charge on any atom is 0.345 e. The first-order valence-corrected chi connectivity index (χ1v) is 7.00. The second-order valence-corrected chi connectivity index (χ2v) is 5.05. The number of rotatable bonds is 4. The van der Waals surface area contributed by atoms with Gasteiger partial charge in [0.2, 0.25) is 0 Å². The van der Waals surface area contributed by atoms with Crippen molar-refractivity contribution >= 4 is 17.0 Å². The summed E-state index contributed by atoms with van der Waals surface area (Å²) in [5, 5.41) is 19.5. The van der Waals surface area contributed by atoms with Crippen LogP contribution in [0.25, 0.3) is 11.0 Å². The van der Waals surface area contributed by atoms with Gasteiger partial charge in [-0.2, -0.15) is 0 Å². The molecule has 2 heterocycles. The van der Waals surface area contributed by atoms with Crippen LogP contribution in [0.15, 0.2) is 41.5 Å². The fraction of sp³-hybridized carbons (Fsp3) is 0.125. The van der Waals surface area contributed by atoms with Crippen molar-refractivity contribution in [3.63, 3.8) is 0 Å².